The lowest BCUT2D eigenvalue weighted by atomic mass is 9.89. The van der Waals surface area contributed by atoms with E-state index in [0.717, 1.165) is 25.7 Å². The van der Waals surface area contributed by atoms with Gasteiger partial charge < -0.3 is 14.7 Å². The Balaban J connectivity index is 1.81. The van der Waals surface area contributed by atoms with Gasteiger partial charge in [-0.3, -0.25) is 9.69 Å². The molecule has 0 atom stereocenters. The number of aromatic nitrogens is 1. The van der Waals surface area contributed by atoms with Crippen LogP contribution in [0.4, 0.5) is 5.69 Å². The zero-order valence-corrected chi connectivity index (χ0v) is 17.5. The molecule has 7 nitrogen and oxygen atoms in total. The Hall–Kier alpha value is -1.79. The van der Waals surface area contributed by atoms with E-state index in [1.54, 1.807) is 6.07 Å². The fraction of sp³-hybridized carbons (Fsp3) is 0.579. The van der Waals surface area contributed by atoms with Crippen LogP contribution in [0.3, 0.4) is 0 Å². The zero-order chi connectivity index (χ0) is 20.5. The number of pyridine rings is 1. The highest BCUT2D eigenvalue weighted by molar-refractivity contribution is 7.80. The minimum absolute atomic E-state index is 0.0216. The fourth-order valence-corrected chi connectivity index (χ4v) is 4.74. The molecule has 2 fully saturated rings. The standard InChI is InChI=1S/C19H23ClN4O3S/c1-19(2)17(26)23(13-9-15(20)16(10-21)22-11-13)18(28)24(19)12-3-5-14(6-4-12)27-8-7-25/h9,11-12,14,25H,3-8H2,1-2H3. The number of halogens is 1. The van der Waals surface area contributed by atoms with Crippen molar-refractivity contribution in [3.63, 3.8) is 0 Å². The first-order chi connectivity index (χ1) is 13.3. The molecule has 0 aromatic carbocycles. The number of aliphatic hydroxyl groups is 1. The normalized spacial score (nSPS) is 24.5. The Kier molecular flexibility index (Phi) is 6.20. The van der Waals surface area contributed by atoms with Crippen LogP contribution in [0.15, 0.2) is 12.3 Å². The number of ether oxygens (including phenoxy) is 1. The van der Waals surface area contributed by atoms with E-state index in [0.29, 0.717) is 17.4 Å². The topological polar surface area (TPSA) is 89.7 Å². The first-order valence-corrected chi connectivity index (χ1v) is 10.1. The molecule has 1 N–H and O–H groups in total. The molecule has 1 aliphatic heterocycles. The summed E-state index contributed by atoms with van der Waals surface area (Å²) in [6, 6.07) is 3.60. The molecule has 1 saturated carbocycles. The molecular weight excluding hydrogens is 400 g/mol. The highest BCUT2D eigenvalue weighted by Crippen LogP contribution is 2.38. The number of nitrogens with zero attached hydrogens (tertiary/aromatic N) is 4. The summed E-state index contributed by atoms with van der Waals surface area (Å²) in [5, 5.41) is 18.5. The van der Waals surface area contributed by atoms with Crippen molar-refractivity contribution in [3.05, 3.63) is 23.0 Å². The van der Waals surface area contributed by atoms with Crippen molar-refractivity contribution in [2.24, 2.45) is 0 Å². The molecule has 150 valence electrons. The number of nitriles is 1. The van der Waals surface area contributed by atoms with Gasteiger partial charge in [0.1, 0.15) is 11.6 Å². The van der Waals surface area contributed by atoms with Crippen LogP contribution >= 0.6 is 23.8 Å². The van der Waals surface area contributed by atoms with Crippen LogP contribution in [0, 0.1) is 11.3 Å². The van der Waals surface area contributed by atoms with Crippen LogP contribution in [-0.2, 0) is 9.53 Å². The second-order valence-corrected chi connectivity index (χ2v) is 8.29. The maximum atomic E-state index is 13.2. The van der Waals surface area contributed by atoms with Gasteiger partial charge in [-0.15, -0.1) is 0 Å². The zero-order valence-electron chi connectivity index (χ0n) is 15.9. The van der Waals surface area contributed by atoms with Gasteiger partial charge in [-0.2, -0.15) is 5.26 Å². The van der Waals surface area contributed by atoms with Gasteiger partial charge in [0, 0.05) is 6.04 Å². The van der Waals surface area contributed by atoms with E-state index in [4.69, 9.17) is 38.9 Å². The van der Waals surface area contributed by atoms with Crippen molar-refractivity contribution in [1.29, 1.82) is 5.26 Å². The van der Waals surface area contributed by atoms with Crippen molar-refractivity contribution in [2.45, 2.75) is 57.2 Å². The monoisotopic (exact) mass is 422 g/mol. The Labute approximate surface area is 174 Å². The number of rotatable bonds is 5. The molecule has 0 radical (unpaired) electrons. The third-order valence-electron chi connectivity index (χ3n) is 5.37. The number of carbonyl (C=O) groups excluding carboxylic acids is 1. The smallest absolute Gasteiger partial charge is 0.258 e. The number of thiocarbonyl (C=S) groups is 1. The maximum Gasteiger partial charge on any atom is 0.258 e. The lowest BCUT2D eigenvalue weighted by molar-refractivity contribution is -0.124. The van der Waals surface area contributed by atoms with Crippen molar-refractivity contribution >= 4 is 40.5 Å². The number of carbonyl (C=O) groups is 1. The van der Waals surface area contributed by atoms with Gasteiger partial charge in [0.25, 0.3) is 5.91 Å². The molecular formula is C19H23ClN4O3S. The summed E-state index contributed by atoms with van der Waals surface area (Å²) in [5.41, 5.74) is -0.212. The molecule has 3 rings (SSSR count). The SMILES string of the molecule is CC1(C)C(=O)N(c2cnc(C#N)c(Cl)c2)C(=S)N1C1CCC(OCCO)CC1. The van der Waals surface area contributed by atoms with E-state index in [2.05, 4.69) is 4.98 Å². The minimum Gasteiger partial charge on any atom is -0.394 e. The summed E-state index contributed by atoms with van der Waals surface area (Å²) in [5.74, 6) is -0.140. The molecule has 1 aromatic heterocycles. The van der Waals surface area contributed by atoms with E-state index in [-0.39, 0.29) is 35.4 Å². The van der Waals surface area contributed by atoms with Crippen molar-refractivity contribution in [3.8, 4) is 6.07 Å². The summed E-state index contributed by atoms with van der Waals surface area (Å²) in [4.78, 5) is 20.7. The lowest BCUT2D eigenvalue weighted by Gasteiger charge is -2.40. The molecule has 2 heterocycles. The molecule has 1 saturated heterocycles. The van der Waals surface area contributed by atoms with Gasteiger partial charge in [-0.1, -0.05) is 11.6 Å². The average Bonchev–Trinajstić information content (AvgIpc) is 2.85. The third-order valence-corrected chi connectivity index (χ3v) is 6.04. The van der Waals surface area contributed by atoms with E-state index in [1.165, 1.54) is 11.1 Å². The molecule has 2 aliphatic rings. The van der Waals surface area contributed by atoms with Crippen LogP contribution < -0.4 is 4.90 Å². The second kappa shape index (κ2) is 8.29. The van der Waals surface area contributed by atoms with E-state index in [9.17, 15) is 4.79 Å². The van der Waals surface area contributed by atoms with Crippen LogP contribution in [0.5, 0.6) is 0 Å². The quantitative estimate of drug-likeness (QED) is 0.729. The summed E-state index contributed by atoms with van der Waals surface area (Å²) in [7, 11) is 0. The van der Waals surface area contributed by atoms with Crippen LogP contribution in [0.1, 0.15) is 45.2 Å². The minimum atomic E-state index is -0.791. The predicted molar refractivity (Wildman–Crippen MR) is 109 cm³/mol. The third kappa shape index (κ3) is 3.72. The Morgan fingerprint density at radius 3 is 2.68 bits per heavy atom. The van der Waals surface area contributed by atoms with Crippen LogP contribution in [0.2, 0.25) is 5.02 Å². The molecule has 0 unspecified atom stereocenters. The van der Waals surface area contributed by atoms with Gasteiger partial charge in [-0.05, 0) is 57.8 Å². The second-order valence-electron chi connectivity index (χ2n) is 7.51. The van der Waals surface area contributed by atoms with Crippen molar-refractivity contribution < 1.29 is 14.6 Å². The van der Waals surface area contributed by atoms with Gasteiger partial charge >= 0.3 is 0 Å². The first kappa shape index (κ1) is 20.9. The molecule has 1 amide bonds. The molecule has 0 spiro atoms. The summed E-state index contributed by atoms with van der Waals surface area (Å²) < 4.78 is 5.64. The fourth-order valence-electron chi connectivity index (χ4n) is 3.97. The molecule has 28 heavy (non-hydrogen) atoms. The Morgan fingerprint density at radius 1 is 1.43 bits per heavy atom. The van der Waals surface area contributed by atoms with Crippen molar-refractivity contribution in [1.82, 2.24) is 9.88 Å². The van der Waals surface area contributed by atoms with Crippen LogP contribution in [0.25, 0.3) is 0 Å². The van der Waals surface area contributed by atoms with Gasteiger partial charge in [0.05, 0.1) is 36.2 Å². The summed E-state index contributed by atoms with van der Waals surface area (Å²) >= 11 is 11.8. The average molecular weight is 423 g/mol. The van der Waals surface area contributed by atoms with Gasteiger partial charge in [0.15, 0.2) is 10.8 Å². The predicted octanol–water partition coefficient (Wildman–Crippen LogP) is 2.64. The molecule has 0 bridgehead atoms. The molecule has 1 aliphatic carbocycles. The largest absolute Gasteiger partial charge is 0.394 e. The molecule has 1 aromatic rings. The number of anilines is 1. The summed E-state index contributed by atoms with van der Waals surface area (Å²) in [6.45, 7) is 4.11. The van der Waals surface area contributed by atoms with E-state index < -0.39 is 5.54 Å². The lowest BCUT2D eigenvalue weighted by Crippen LogP contribution is -2.51. The van der Waals surface area contributed by atoms with Crippen LogP contribution in [-0.4, -0.2) is 56.9 Å². The summed E-state index contributed by atoms with van der Waals surface area (Å²) in [6.07, 6.45) is 5.01. The number of aliphatic hydroxyl groups excluding tert-OH is 1. The Morgan fingerprint density at radius 2 is 2.11 bits per heavy atom. The number of hydrogen-bond acceptors (Lipinski definition) is 6. The van der Waals surface area contributed by atoms with E-state index >= 15 is 0 Å². The number of hydrogen-bond donors (Lipinski definition) is 1. The Bertz CT molecular complexity index is 818. The van der Waals surface area contributed by atoms with E-state index in [1.807, 2.05) is 24.8 Å². The maximum absolute atomic E-state index is 13.2. The van der Waals surface area contributed by atoms with Gasteiger partial charge in [0.2, 0.25) is 0 Å². The van der Waals surface area contributed by atoms with Crippen molar-refractivity contribution in [2.75, 3.05) is 18.1 Å². The molecule has 9 heteroatoms. The highest BCUT2D eigenvalue weighted by atomic mass is 35.5. The van der Waals surface area contributed by atoms with Gasteiger partial charge in [-0.25, -0.2) is 4.98 Å². The first-order valence-electron chi connectivity index (χ1n) is 9.27. The highest BCUT2D eigenvalue weighted by Gasteiger charge is 2.52. The number of amides is 1.